The SMILES string of the molecule is Cc1cc(-c2cccc(F)c2)cc(N(C)c2c(F)ccc(OC(C(=O)O)C(C)C)c2C)c1. The Hall–Kier alpha value is -3.41. The monoisotopic (exact) mass is 439 g/mol. The number of anilines is 2. The summed E-state index contributed by atoms with van der Waals surface area (Å²) < 4.78 is 34.4. The average molecular weight is 440 g/mol. The van der Waals surface area contributed by atoms with Crippen molar-refractivity contribution in [2.24, 2.45) is 5.92 Å². The van der Waals surface area contributed by atoms with Gasteiger partial charge in [-0.25, -0.2) is 13.6 Å². The first-order valence-electron chi connectivity index (χ1n) is 10.4. The van der Waals surface area contributed by atoms with Crippen molar-refractivity contribution in [3.05, 3.63) is 77.4 Å². The van der Waals surface area contributed by atoms with Gasteiger partial charge in [0.15, 0.2) is 6.10 Å². The van der Waals surface area contributed by atoms with E-state index in [2.05, 4.69) is 0 Å². The van der Waals surface area contributed by atoms with Crippen molar-refractivity contribution in [1.29, 1.82) is 0 Å². The molecule has 168 valence electrons. The molecule has 3 aromatic rings. The third kappa shape index (κ3) is 4.90. The molecule has 32 heavy (non-hydrogen) atoms. The third-order valence-electron chi connectivity index (χ3n) is 5.38. The number of carboxylic acid groups (broad SMARTS) is 1. The Kier molecular flexibility index (Phi) is 6.82. The zero-order valence-corrected chi connectivity index (χ0v) is 18.8. The van der Waals surface area contributed by atoms with Crippen molar-refractivity contribution in [2.45, 2.75) is 33.8 Å². The van der Waals surface area contributed by atoms with Gasteiger partial charge in [0, 0.05) is 24.2 Å². The lowest BCUT2D eigenvalue weighted by Crippen LogP contribution is -2.32. The Labute approximate surface area is 187 Å². The number of aliphatic carboxylic acids is 1. The van der Waals surface area contributed by atoms with Gasteiger partial charge in [-0.2, -0.15) is 0 Å². The smallest absolute Gasteiger partial charge is 0.345 e. The number of hydrogen-bond acceptors (Lipinski definition) is 3. The number of benzene rings is 3. The molecule has 0 aliphatic heterocycles. The quantitative estimate of drug-likeness (QED) is 0.456. The van der Waals surface area contributed by atoms with Crippen molar-refractivity contribution < 1.29 is 23.4 Å². The van der Waals surface area contributed by atoms with E-state index in [1.54, 1.807) is 38.8 Å². The number of carboxylic acids is 1. The van der Waals surface area contributed by atoms with Gasteiger partial charge in [0.2, 0.25) is 0 Å². The first kappa shape index (κ1) is 23.3. The number of ether oxygens (including phenoxy) is 1. The normalized spacial score (nSPS) is 12.0. The summed E-state index contributed by atoms with van der Waals surface area (Å²) in [5, 5.41) is 9.46. The zero-order chi connectivity index (χ0) is 23.6. The van der Waals surface area contributed by atoms with Crippen LogP contribution in [0.4, 0.5) is 20.2 Å². The first-order valence-corrected chi connectivity index (χ1v) is 10.4. The number of halogens is 2. The second-order valence-electron chi connectivity index (χ2n) is 8.27. The summed E-state index contributed by atoms with van der Waals surface area (Å²) in [6, 6.07) is 14.7. The van der Waals surface area contributed by atoms with Crippen molar-refractivity contribution in [2.75, 3.05) is 11.9 Å². The van der Waals surface area contributed by atoms with Crippen LogP contribution in [0, 0.1) is 31.4 Å². The van der Waals surface area contributed by atoms with Gasteiger partial charge in [-0.3, -0.25) is 0 Å². The number of aryl methyl sites for hydroxylation is 1. The van der Waals surface area contributed by atoms with Crippen LogP contribution in [-0.2, 0) is 4.79 Å². The molecule has 6 heteroatoms. The fraction of sp³-hybridized carbons (Fsp3) is 0.269. The van der Waals surface area contributed by atoms with Crippen molar-refractivity contribution in [3.63, 3.8) is 0 Å². The van der Waals surface area contributed by atoms with E-state index >= 15 is 0 Å². The van der Waals surface area contributed by atoms with E-state index in [4.69, 9.17) is 4.74 Å². The maximum atomic E-state index is 14.9. The molecule has 1 atom stereocenters. The Morgan fingerprint density at radius 3 is 2.34 bits per heavy atom. The molecule has 0 fully saturated rings. The second kappa shape index (κ2) is 9.39. The lowest BCUT2D eigenvalue weighted by molar-refractivity contribution is -0.147. The van der Waals surface area contributed by atoms with E-state index in [-0.39, 0.29) is 17.4 Å². The van der Waals surface area contributed by atoms with E-state index in [1.165, 1.54) is 24.3 Å². The van der Waals surface area contributed by atoms with Crippen LogP contribution >= 0.6 is 0 Å². The Morgan fingerprint density at radius 1 is 1.00 bits per heavy atom. The predicted octanol–water partition coefficient (Wildman–Crippen LogP) is 6.50. The summed E-state index contributed by atoms with van der Waals surface area (Å²) in [7, 11) is 1.73. The maximum absolute atomic E-state index is 14.9. The summed E-state index contributed by atoms with van der Waals surface area (Å²) >= 11 is 0. The zero-order valence-electron chi connectivity index (χ0n) is 18.8. The minimum absolute atomic E-state index is 0.260. The standard InChI is InChI=1S/C26H27F2NO3/c1-15(2)25(26(30)31)32-23-10-9-22(28)24(17(23)4)29(5)21-12-16(3)11-19(14-21)18-7-6-8-20(27)13-18/h6-15,25H,1-5H3,(H,30,31). The van der Waals surface area contributed by atoms with E-state index in [0.29, 0.717) is 17.0 Å². The molecule has 0 heterocycles. The van der Waals surface area contributed by atoms with Gasteiger partial charge < -0.3 is 14.7 Å². The second-order valence-corrected chi connectivity index (χ2v) is 8.27. The van der Waals surface area contributed by atoms with Gasteiger partial charge in [-0.1, -0.05) is 32.0 Å². The van der Waals surface area contributed by atoms with Crippen LogP contribution < -0.4 is 9.64 Å². The largest absolute Gasteiger partial charge is 0.478 e. The molecule has 4 nitrogen and oxygen atoms in total. The van der Waals surface area contributed by atoms with Gasteiger partial charge in [0.1, 0.15) is 17.4 Å². The average Bonchev–Trinajstić information content (AvgIpc) is 2.72. The molecule has 0 bridgehead atoms. The van der Waals surface area contributed by atoms with E-state index in [1.807, 2.05) is 31.2 Å². The van der Waals surface area contributed by atoms with Crippen LogP contribution in [-0.4, -0.2) is 24.2 Å². The third-order valence-corrected chi connectivity index (χ3v) is 5.38. The van der Waals surface area contributed by atoms with Gasteiger partial charge in [0.05, 0.1) is 5.69 Å². The molecule has 0 aliphatic carbocycles. The van der Waals surface area contributed by atoms with Crippen LogP contribution in [0.15, 0.2) is 54.6 Å². The lowest BCUT2D eigenvalue weighted by atomic mass is 10.0. The number of rotatable bonds is 7. The van der Waals surface area contributed by atoms with Crippen LogP contribution in [0.2, 0.25) is 0 Å². The number of hydrogen-bond donors (Lipinski definition) is 1. The highest BCUT2D eigenvalue weighted by molar-refractivity contribution is 5.76. The summed E-state index contributed by atoms with van der Waals surface area (Å²) in [6.07, 6.45) is -1.05. The first-order chi connectivity index (χ1) is 15.1. The molecular formula is C26H27F2NO3. The van der Waals surface area contributed by atoms with Gasteiger partial charge >= 0.3 is 5.97 Å². The summed E-state index contributed by atoms with van der Waals surface area (Å²) in [6.45, 7) is 7.13. The van der Waals surface area contributed by atoms with Crippen molar-refractivity contribution in [3.8, 4) is 16.9 Å². The number of carbonyl (C=O) groups is 1. The molecule has 1 N–H and O–H groups in total. The van der Waals surface area contributed by atoms with Gasteiger partial charge in [-0.15, -0.1) is 0 Å². The Balaban J connectivity index is 2.04. The van der Waals surface area contributed by atoms with Crippen molar-refractivity contribution >= 4 is 17.3 Å². The molecule has 3 aromatic carbocycles. The predicted molar refractivity (Wildman–Crippen MR) is 123 cm³/mol. The van der Waals surface area contributed by atoms with Gasteiger partial charge in [-0.05, 0) is 66.9 Å². The Bertz CT molecular complexity index is 1140. The van der Waals surface area contributed by atoms with Crippen molar-refractivity contribution in [1.82, 2.24) is 0 Å². The molecule has 0 saturated heterocycles. The molecular weight excluding hydrogens is 412 g/mol. The highest BCUT2D eigenvalue weighted by Crippen LogP contribution is 2.37. The van der Waals surface area contributed by atoms with Gasteiger partial charge in [0.25, 0.3) is 0 Å². The fourth-order valence-corrected chi connectivity index (χ4v) is 3.72. The minimum Gasteiger partial charge on any atom is -0.478 e. The molecule has 0 aromatic heterocycles. The molecule has 0 saturated carbocycles. The highest BCUT2D eigenvalue weighted by Gasteiger charge is 2.26. The fourth-order valence-electron chi connectivity index (χ4n) is 3.72. The van der Waals surface area contributed by atoms with Crippen LogP contribution in [0.25, 0.3) is 11.1 Å². The molecule has 0 spiro atoms. The molecule has 0 aliphatic rings. The van der Waals surface area contributed by atoms with Crippen LogP contribution in [0.3, 0.4) is 0 Å². The summed E-state index contributed by atoms with van der Waals surface area (Å²) in [5.41, 5.74) is 3.95. The Morgan fingerprint density at radius 2 is 1.72 bits per heavy atom. The summed E-state index contributed by atoms with van der Waals surface area (Å²) in [4.78, 5) is 13.3. The minimum atomic E-state index is -1.07. The molecule has 0 radical (unpaired) electrons. The summed E-state index contributed by atoms with van der Waals surface area (Å²) in [5.74, 6) is -1.81. The van der Waals surface area contributed by atoms with E-state index < -0.39 is 17.9 Å². The van der Waals surface area contributed by atoms with Crippen LogP contribution in [0.1, 0.15) is 25.0 Å². The topological polar surface area (TPSA) is 49.8 Å². The number of nitrogens with zero attached hydrogens (tertiary/aromatic N) is 1. The van der Waals surface area contributed by atoms with Crippen LogP contribution in [0.5, 0.6) is 5.75 Å². The molecule has 1 unspecified atom stereocenters. The highest BCUT2D eigenvalue weighted by atomic mass is 19.1. The van der Waals surface area contributed by atoms with E-state index in [0.717, 1.165) is 16.7 Å². The molecule has 0 amide bonds. The maximum Gasteiger partial charge on any atom is 0.345 e. The molecule has 3 rings (SSSR count). The lowest BCUT2D eigenvalue weighted by Gasteiger charge is -2.26. The van der Waals surface area contributed by atoms with E-state index in [9.17, 15) is 18.7 Å².